The lowest BCUT2D eigenvalue weighted by Gasteiger charge is -2.27. The van der Waals surface area contributed by atoms with Crippen LogP contribution in [0.1, 0.15) is 31.2 Å². The molecule has 20 heavy (non-hydrogen) atoms. The summed E-state index contributed by atoms with van der Waals surface area (Å²) in [5.41, 5.74) is -0.161. The molecule has 6 nitrogen and oxygen atoms in total. The second-order valence-electron chi connectivity index (χ2n) is 5.38. The topological polar surface area (TPSA) is 109 Å². The fraction of sp³-hybridized carbons (Fsp3) is 0.455. The van der Waals surface area contributed by atoms with Gasteiger partial charge in [-0.25, -0.2) is 0 Å². The minimum atomic E-state index is -4.63. The smallest absolute Gasteiger partial charge is 0.282 e. The number of alkyl halides is 1. The molecule has 0 aliphatic carbocycles. The highest BCUT2D eigenvalue weighted by atomic mass is 79.9. The van der Waals surface area contributed by atoms with Crippen LogP contribution >= 0.6 is 15.9 Å². The summed E-state index contributed by atoms with van der Waals surface area (Å²) < 4.78 is 63.2. The van der Waals surface area contributed by atoms with Crippen LogP contribution in [0.5, 0.6) is 0 Å². The Balaban J connectivity index is 3.65. The third-order valence-corrected chi connectivity index (χ3v) is 6.22. The number of rotatable bonds is 3. The van der Waals surface area contributed by atoms with Crippen molar-refractivity contribution in [2.45, 2.75) is 35.4 Å². The van der Waals surface area contributed by atoms with Crippen LogP contribution in [-0.2, 0) is 20.2 Å². The molecule has 9 heteroatoms. The van der Waals surface area contributed by atoms with E-state index in [0.717, 1.165) is 12.1 Å². The van der Waals surface area contributed by atoms with Crippen LogP contribution in [0, 0.1) is 5.41 Å². The number of benzene rings is 1. The van der Waals surface area contributed by atoms with Gasteiger partial charge in [0.25, 0.3) is 20.2 Å². The fourth-order valence-electron chi connectivity index (χ4n) is 1.57. The van der Waals surface area contributed by atoms with Crippen LogP contribution in [0.3, 0.4) is 0 Å². The van der Waals surface area contributed by atoms with Crippen molar-refractivity contribution >= 4 is 36.2 Å². The van der Waals surface area contributed by atoms with Crippen LogP contribution in [0.15, 0.2) is 28.0 Å². The zero-order valence-electron chi connectivity index (χ0n) is 11.0. The molecule has 0 bridgehead atoms. The molecule has 0 aromatic heterocycles. The van der Waals surface area contributed by atoms with Crippen molar-refractivity contribution in [2.75, 3.05) is 0 Å². The van der Waals surface area contributed by atoms with Crippen molar-refractivity contribution in [3.63, 3.8) is 0 Å². The van der Waals surface area contributed by atoms with E-state index in [2.05, 4.69) is 15.9 Å². The largest absolute Gasteiger partial charge is 0.294 e. The highest BCUT2D eigenvalue weighted by molar-refractivity contribution is 9.09. The van der Waals surface area contributed by atoms with Gasteiger partial charge in [-0.15, -0.1) is 0 Å². The molecule has 1 atom stereocenters. The maximum absolute atomic E-state index is 11.4. The lowest BCUT2D eigenvalue weighted by Crippen LogP contribution is -2.16. The SMILES string of the molecule is CC(C)(C)C(Br)c1ccc(S(=O)(=O)O)cc1S(=O)(=O)O. The molecular weight excluding hydrogens is 372 g/mol. The predicted octanol–water partition coefficient (Wildman–Crippen LogP) is 2.66. The van der Waals surface area contributed by atoms with E-state index in [1.165, 1.54) is 6.07 Å². The Kier molecular flexibility index (Phi) is 4.72. The molecular formula is C11H15BrO6S2. The molecule has 1 aromatic rings. The average Bonchev–Trinajstić information content (AvgIpc) is 2.23. The van der Waals surface area contributed by atoms with Gasteiger partial charge in [-0.1, -0.05) is 42.8 Å². The summed E-state index contributed by atoms with van der Waals surface area (Å²) in [7, 11) is -9.18. The quantitative estimate of drug-likeness (QED) is 0.610. The van der Waals surface area contributed by atoms with Crippen LogP contribution in [0.4, 0.5) is 0 Å². The van der Waals surface area contributed by atoms with E-state index in [1.54, 1.807) is 0 Å². The van der Waals surface area contributed by atoms with E-state index >= 15 is 0 Å². The van der Waals surface area contributed by atoms with Gasteiger partial charge in [-0.2, -0.15) is 16.8 Å². The van der Waals surface area contributed by atoms with Gasteiger partial charge in [0.05, 0.1) is 9.79 Å². The Bertz CT molecular complexity index is 716. The average molecular weight is 387 g/mol. The van der Waals surface area contributed by atoms with Gasteiger partial charge in [-0.05, 0) is 23.1 Å². The van der Waals surface area contributed by atoms with E-state index in [4.69, 9.17) is 4.55 Å². The van der Waals surface area contributed by atoms with Crippen molar-refractivity contribution < 1.29 is 25.9 Å². The van der Waals surface area contributed by atoms with Gasteiger partial charge >= 0.3 is 0 Å². The summed E-state index contributed by atoms with van der Waals surface area (Å²) in [5, 5.41) is 0. The van der Waals surface area contributed by atoms with Crippen LogP contribution in [0.2, 0.25) is 0 Å². The van der Waals surface area contributed by atoms with Crippen molar-refractivity contribution in [2.24, 2.45) is 5.41 Å². The predicted molar refractivity (Wildman–Crippen MR) is 77.2 cm³/mol. The van der Waals surface area contributed by atoms with E-state index in [-0.39, 0.29) is 11.0 Å². The van der Waals surface area contributed by atoms with Gasteiger partial charge in [0.2, 0.25) is 0 Å². The molecule has 1 unspecified atom stereocenters. The highest BCUT2D eigenvalue weighted by Crippen LogP contribution is 2.42. The second kappa shape index (κ2) is 5.38. The van der Waals surface area contributed by atoms with E-state index in [9.17, 15) is 21.4 Å². The van der Waals surface area contributed by atoms with E-state index in [0.29, 0.717) is 0 Å². The molecule has 1 rings (SSSR count). The Hall–Kier alpha value is -0.480. The fourth-order valence-corrected chi connectivity index (χ4v) is 3.47. The third kappa shape index (κ3) is 4.01. The van der Waals surface area contributed by atoms with Crippen LogP contribution < -0.4 is 0 Å². The van der Waals surface area contributed by atoms with Gasteiger partial charge in [0, 0.05) is 4.83 Å². The zero-order valence-corrected chi connectivity index (χ0v) is 14.3. The number of halogens is 1. The molecule has 2 N–H and O–H groups in total. The molecule has 0 saturated heterocycles. The van der Waals surface area contributed by atoms with Gasteiger partial charge in [0.1, 0.15) is 0 Å². The third-order valence-electron chi connectivity index (χ3n) is 2.59. The molecule has 0 radical (unpaired) electrons. The molecule has 0 spiro atoms. The minimum absolute atomic E-state index is 0.215. The maximum atomic E-state index is 11.4. The summed E-state index contributed by atoms with van der Waals surface area (Å²) in [6.45, 7) is 5.53. The van der Waals surface area contributed by atoms with Gasteiger partial charge in [-0.3, -0.25) is 9.11 Å². The lowest BCUT2D eigenvalue weighted by atomic mass is 9.88. The highest BCUT2D eigenvalue weighted by Gasteiger charge is 2.30. The summed E-state index contributed by atoms with van der Waals surface area (Å²) in [5.74, 6) is 0. The lowest BCUT2D eigenvalue weighted by molar-refractivity contribution is 0.402. The van der Waals surface area contributed by atoms with Crippen LogP contribution in [0.25, 0.3) is 0 Å². The Labute approximate surface area is 126 Å². The first-order valence-electron chi connectivity index (χ1n) is 5.47. The molecule has 0 heterocycles. The molecule has 0 aliphatic heterocycles. The summed E-state index contributed by atoms with van der Waals surface area (Å²) >= 11 is 3.34. The maximum Gasteiger partial charge on any atom is 0.294 e. The first-order valence-corrected chi connectivity index (χ1v) is 9.27. The standard InChI is InChI=1S/C11H15BrO6S2/c1-11(2,3)10(12)8-5-4-7(19(13,14)15)6-9(8)20(16,17)18/h4-6,10H,1-3H3,(H,13,14,15)(H,16,17,18). The Morgan fingerprint density at radius 3 is 1.90 bits per heavy atom. The summed E-state index contributed by atoms with van der Waals surface area (Å²) in [6.07, 6.45) is 0. The van der Waals surface area contributed by atoms with Gasteiger partial charge in [0.15, 0.2) is 0 Å². The second-order valence-corrected chi connectivity index (χ2v) is 9.11. The first-order chi connectivity index (χ1) is 8.74. The number of hydrogen-bond donors (Lipinski definition) is 2. The molecule has 0 fully saturated rings. The van der Waals surface area contributed by atoms with E-state index < -0.39 is 34.9 Å². The molecule has 0 saturated carbocycles. The summed E-state index contributed by atoms with van der Waals surface area (Å²) in [4.78, 5) is -1.59. The summed E-state index contributed by atoms with van der Waals surface area (Å²) in [6, 6.07) is 3.07. The minimum Gasteiger partial charge on any atom is -0.282 e. The molecule has 0 aliphatic rings. The van der Waals surface area contributed by atoms with Crippen molar-refractivity contribution in [1.29, 1.82) is 0 Å². The number of hydrogen-bond acceptors (Lipinski definition) is 4. The van der Waals surface area contributed by atoms with Crippen LogP contribution in [-0.4, -0.2) is 25.9 Å². The van der Waals surface area contributed by atoms with E-state index in [1.807, 2.05) is 20.8 Å². The first kappa shape index (κ1) is 17.6. The monoisotopic (exact) mass is 386 g/mol. The molecule has 0 amide bonds. The zero-order chi connectivity index (χ0) is 15.9. The van der Waals surface area contributed by atoms with Crippen molar-refractivity contribution in [3.8, 4) is 0 Å². The Morgan fingerprint density at radius 2 is 1.55 bits per heavy atom. The van der Waals surface area contributed by atoms with Crippen molar-refractivity contribution in [3.05, 3.63) is 23.8 Å². The molecule has 1 aromatic carbocycles. The molecule has 114 valence electrons. The van der Waals surface area contributed by atoms with Crippen molar-refractivity contribution in [1.82, 2.24) is 0 Å². The normalized spacial score (nSPS) is 15.1. The van der Waals surface area contributed by atoms with Gasteiger partial charge < -0.3 is 0 Å². The Morgan fingerprint density at radius 1 is 1.05 bits per heavy atom.